The predicted octanol–water partition coefficient (Wildman–Crippen LogP) is 3.36. The Morgan fingerprint density at radius 1 is 1.17 bits per heavy atom. The van der Waals surface area contributed by atoms with Gasteiger partial charge in [0.2, 0.25) is 10.0 Å². The smallest absolute Gasteiger partial charge is 0.263 e. The Balaban J connectivity index is 1.54. The number of benzene rings is 2. The number of carbonyl (C=O) groups is 1. The van der Waals surface area contributed by atoms with Crippen LogP contribution in [0.4, 0.5) is 5.69 Å². The number of anilines is 1. The number of nitrogens with one attached hydrogen (secondary N) is 1. The molecule has 1 aliphatic carbocycles. The number of fused-ring (bicyclic) bond motifs is 2. The minimum atomic E-state index is -3.53. The Morgan fingerprint density at radius 3 is 2.63 bits per heavy atom. The van der Waals surface area contributed by atoms with Gasteiger partial charge in [-0.1, -0.05) is 37.3 Å². The van der Waals surface area contributed by atoms with E-state index in [-0.39, 0.29) is 18.5 Å². The highest BCUT2D eigenvalue weighted by molar-refractivity contribution is 7.92. The molecule has 0 saturated heterocycles. The molecule has 0 aromatic heterocycles. The number of hydrogen-bond donors (Lipinski definition) is 1. The summed E-state index contributed by atoms with van der Waals surface area (Å²) >= 11 is 0. The number of amides is 1. The van der Waals surface area contributed by atoms with Gasteiger partial charge in [-0.2, -0.15) is 0 Å². The summed E-state index contributed by atoms with van der Waals surface area (Å²) < 4.78 is 31.7. The molecule has 2 aliphatic rings. The SMILES string of the molecule is CCC(NC(=O)C1CN(S(C)(=O)=O)c2ccccc2O1)c1ccc2c(c1)CCCC2. The number of aryl methyl sites for hydroxylation is 2. The van der Waals surface area contributed by atoms with Crippen LogP contribution in [-0.4, -0.2) is 33.2 Å². The lowest BCUT2D eigenvalue weighted by atomic mass is 9.88. The van der Waals surface area contributed by atoms with Gasteiger partial charge in [-0.05, 0) is 60.9 Å². The van der Waals surface area contributed by atoms with Crippen LogP contribution in [0.2, 0.25) is 0 Å². The quantitative estimate of drug-likeness (QED) is 0.792. The highest BCUT2D eigenvalue weighted by Crippen LogP contribution is 2.35. The molecule has 2 atom stereocenters. The minimum absolute atomic E-state index is 0.0394. The van der Waals surface area contributed by atoms with Crippen LogP contribution in [0.15, 0.2) is 42.5 Å². The largest absolute Gasteiger partial charge is 0.476 e. The van der Waals surface area contributed by atoms with Crippen molar-refractivity contribution in [2.75, 3.05) is 17.1 Å². The fraction of sp³-hybridized carbons (Fsp3) is 0.435. The molecule has 0 radical (unpaired) electrons. The second-order valence-electron chi connectivity index (χ2n) is 8.07. The van der Waals surface area contributed by atoms with Crippen molar-refractivity contribution in [2.24, 2.45) is 0 Å². The van der Waals surface area contributed by atoms with Crippen LogP contribution in [0.1, 0.15) is 48.9 Å². The van der Waals surface area contributed by atoms with E-state index in [1.54, 1.807) is 24.3 Å². The van der Waals surface area contributed by atoms with E-state index in [1.807, 2.05) is 6.92 Å². The standard InChI is InChI=1S/C23H28N2O4S/c1-3-19(18-13-12-16-8-4-5-9-17(16)14-18)24-23(26)22-15-25(30(2,27)28)20-10-6-7-11-21(20)29-22/h6-7,10-14,19,22H,3-5,8-9,15H2,1-2H3,(H,24,26). The first kappa shape index (κ1) is 20.7. The lowest BCUT2D eigenvalue weighted by molar-refractivity contribution is -0.128. The zero-order valence-electron chi connectivity index (χ0n) is 17.4. The van der Waals surface area contributed by atoms with E-state index in [2.05, 4.69) is 23.5 Å². The molecule has 0 bridgehead atoms. The van der Waals surface area contributed by atoms with Crippen LogP contribution in [0, 0.1) is 0 Å². The Hall–Kier alpha value is -2.54. The molecule has 2 aromatic rings. The second-order valence-corrected chi connectivity index (χ2v) is 9.98. The van der Waals surface area contributed by atoms with Gasteiger partial charge in [0.1, 0.15) is 5.75 Å². The zero-order valence-corrected chi connectivity index (χ0v) is 18.2. The number of para-hydroxylation sites is 2. The van der Waals surface area contributed by atoms with Crippen LogP contribution in [0.3, 0.4) is 0 Å². The molecule has 1 amide bonds. The van der Waals surface area contributed by atoms with Gasteiger partial charge in [0.15, 0.2) is 6.10 Å². The Bertz CT molecular complexity index is 1050. The number of hydrogen-bond acceptors (Lipinski definition) is 4. The first-order valence-electron chi connectivity index (χ1n) is 10.5. The van der Waals surface area contributed by atoms with Gasteiger partial charge < -0.3 is 10.1 Å². The Morgan fingerprint density at radius 2 is 1.90 bits per heavy atom. The maximum absolute atomic E-state index is 13.1. The number of nitrogens with zero attached hydrogens (tertiary/aromatic N) is 1. The summed E-state index contributed by atoms with van der Waals surface area (Å²) in [6.45, 7) is 1.99. The fourth-order valence-electron chi connectivity index (χ4n) is 4.31. The normalized spacial score (nSPS) is 19.3. The minimum Gasteiger partial charge on any atom is -0.476 e. The molecule has 160 valence electrons. The summed E-state index contributed by atoms with van der Waals surface area (Å²) in [4.78, 5) is 13.1. The van der Waals surface area contributed by atoms with Gasteiger partial charge in [0.25, 0.3) is 5.91 Å². The summed E-state index contributed by atoms with van der Waals surface area (Å²) in [5.41, 5.74) is 4.33. The highest BCUT2D eigenvalue weighted by Gasteiger charge is 2.35. The van der Waals surface area contributed by atoms with Crippen molar-refractivity contribution < 1.29 is 17.9 Å². The van der Waals surface area contributed by atoms with Crippen LogP contribution in [0.25, 0.3) is 0 Å². The Kier molecular flexibility index (Phi) is 5.73. The van der Waals surface area contributed by atoms with Crippen molar-refractivity contribution in [3.8, 4) is 5.75 Å². The summed E-state index contributed by atoms with van der Waals surface area (Å²) in [7, 11) is -3.53. The van der Waals surface area contributed by atoms with Gasteiger partial charge in [0.05, 0.1) is 24.5 Å². The third kappa shape index (κ3) is 4.17. The second kappa shape index (κ2) is 8.30. The van der Waals surface area contributed by atoms with Crippen LogP contribution < -0.4 is 14.4 Å². The zero-order chi connectivity index (χ0) is 21.3. The summed E-state index contributed by atoms with van der Waals surface area (Å²) in [6.07, 6.45) is 5.62. The first-order chi connectivity index (χ1) is 14.4. The predicted molar refractivity (Wildman–Crippen MR) is 117 cm³/mol. The molecule has 7 heteroatoms. The number of rotatable bonds is 5. The molecule has 6 nitrogen and oxygen atoms in total. The lowest BCUT2D eigenvalue weighted by Gasteiger charge is -2.34. The molecule has 0 saturated carbocycles. The van der Waals surface area contributed by atoms with Crippen molar-refractivity contribution in [1.82, 2.24) is 5.32 Å². The van der Waals surface area contributed by atoms with E-state index in [0.29, 0.717) is 11.4 Å². The molecule has 1 aliphatic heterocycles. The van der Waals surface area contributed by atoms with Gasteiger partial charge in [-0.3, -0.25) is 9.10 Å². The van der Waals surface area contributed by atoms with E-state index in [9.17, 15) is 13.2 Å². The molecular weight excluding hydrogens is 400 g/mol. The average molecular weight is 429 g/mol. The summed E-state index contributed by atoms with van der Waals surface area (Å²) in [6, 6.07) is 13.2. The van der Waals surface area contributed by atoms with Crippen molar-refractivity contribution in [3.05, 3.63) is 59.2 Å². The number of ether oxygens (including phenoxy) is 1. The fourth-order valence-corrected chi connectivity index (χ4v) is 5.22. The first-order valence-corrected chi connectivity index (χ1v) is 12.4. The lowest BCUT2D eigenvalue weighted by Crippen LogP contribution is -2.51. The molecule has 0 spiro atoms. The van der Waals surface area contributed by atoms with Gasteiger partial charge in [-0.15, -0.1) is 0 Å². The molecular formula is C23H28N2O4S. The van der Waals surface area contributed by atoms with Crippen LogP contribution >= 0.6 is 0 Å². The molecule has 2 unspecified atom stereocenters. The van der Waals surface area contributed by atoms with Crippen LogP contribution in [-0.2, 0) is 27.7 Å². The maximum atomic E-state index is 13.1. The van der Waals surface area contributed by atoms with Crippen molar-refractivity contribution in [2.45, 2.75) is 51.2 Å². The highest BCUT2D eigenvalue weighted by atomic mass is 32.2. The third-order valence-corrected chi connectivity index (χ3v) is 7.07. The third-order valence-electron chi connectivity index (χ3n) is 5.93. The van der Waals surface area contributed by atoms with E-state index in [0.717, 1.165) is 31.1 Å². The molecule has 4 rings (SSSR count). The van der Waals surface area contributed by atoms with Crippen molar-refractivity contribution in [3.63, 3.8) is 0 Å². The number of sulfonamides is 1. The van der Waals surface area contributed by atoms with Crippen molar-refractivity contribution >= 4 is 21.6 Å². The van der Waals surface area contributed by atoms with Crippen molar-refractivity contribution in [1.29, 1.82) is 0 Å². The summed E-state index contributed by atoms with van der Waals surface area (Å²) in [5, 5.41) is 3.08. The van der Waals surface area contributed by atoms with Crippen LogP contribution in [0.5, 0.6) is 5.75 Å². The summed E-state index contributed by atoms with van der Waals surface area (Å²) in [5.74, 6) is 0.0962. The van der Waals surface area contributed by atoms with Gasteiger partial charge >= 0.3 is 0 Å². The maximum Gasteiger partial charge on any atom is 0.263 e. The topological polar surface area (TPSA) is 75.7 Å². The van der Waals surface area contributed by atoms with Gasteiger partial charge in [-0.25, -0.2) is 8.42 Å². The average Bonchev–Trinajstić information content (AvgIpc) is 2.75. The molecule has 2 aromatic carbocycles. The molecule has 30 heavy (non-hydrogen) atoms. The number of carbonyl (C=O) groups excluding carboxylic acids is 1. The van der Waals surface area contributed by atoms with Gasteiger partial charge in [0, 0.05) is 0 Å². The van der Waals surface area contributed by atoms with E-state index >= 15 is 0 Å². The monoisotopic (exact) mass is 428 g/mol. The molecule has 1 N–H and O–H groups in total. The molecule has 1 heterocycles. The molecule has 0 fully saturated rings. The Labute approximate surface area is 178 Å². The van der Waals surface area contributed by atoms with E-state index < -0.39 is 16.1 Å². The van der Waals surface area contributed by atoms with E-state index in [1.165, 1.54) is 28.3 Å². The van der Waals surface area contributed by atoms with E-state index in [4.69, 9.17) is 4.74 Å².